The molecular weight excluding hydrogens is 278 g/mol. The summed E-state index contributed by atoms with van der Waals surface area (Å²) in [4.78, 5) is 21.0. The lowest BCUT2D eigenvalue weighted by atomic mass is 10.1. The van der Waals surface area contributed by atoms with E-state index < -0.39 is 33.7 Å². The second-order valence-electron chi connectivity index (χ2n) is 3.62. The molecule has 2 aromatic rings. The first-order chi connectivity index (χ1) is 9.38. The number of aryl methyl sites for hydroxylation is 1. The summed E-state index contributed by atoms with van der Waals surface area (Å²) in [6.07, 6.45) is 0. The summed E-state index contributed by atoms with van der Waals surface area (Å²) in [6.45, 7) is 1.47. The average molecular weight is 284 g/mol. The molecule has 1 aromatic carbocycles. The van der Waals surface area contributed by atoms with Crippen molar-refractivity contribution in [3.05, 3.63) is 45.3 Å². The van der Waals surface area contributed by atoms with Crippen LogP contribution in [0.1, 0.15) is 16.2 Å². The van der Waals surface area contributed by atoms with Crippen molar-refractivity contribution in [1.82, 2.24) is 10.2 Å². The number of halogens is 2. The Morgan fingerprint density at radius 3 is 2.60 bits per heavy atom. The van der Waals surface area contributed by atoms with Gasteiger partial charge >= 0.3 is 11.7 Å². The van der Waals surface area contributed by atoms with Crippen molar-refractivity contribution < 1.29 is 22.9 Å². The number of anilines is 1. The van der Waals surface area contributed by atoms with Crippen LogP contribution in [0.3, 0.4) is 0 Å². The van der Waals surface area contributed by atoms with Gasteiger partial charge in [-0.05, 0) is 6.07 Å². The minimum atomic E-state index is -1.33. The molecular formula is C10H6F2N4O4. The third-order valence-corrected chi connectivity index (χ3v) is 2.22. The summed E-state index contributed by atoms with van der Waals surface area (Å²) in [5.41, 5.74) is -1.78. The molecule has 0 aliphatic carbocycles. The van der Waals surface area contributed by atoms with Gasteiger partial charge in [0.05, 0.1) is 16.6 Å². The first kappa shape index (κ1) is 13.5. The zero-order chi connectivity index (χ0) is 14.9. The maximum absolute atomic E-state index is 13.6. The fourth-order valence-electron chi connectivity index (χ4n) is 1.36. The normalized spacial score (nSPS) is 10.3. The molecule has 1 N–H and O–H groups in total. The van der Waals surface area contributed by atoms with E-state index in [0.29, 0.717) is 12.1 Å². The van der Waals surface area contributed by atoms with Crippen LogP contribution in [0.4, 0.5) is 20.5 Å². The number of carbonyl (C=O) groups excluding carboxylic acids is 1. The Labute approximate surface area is 109 Å². The molecule has 1 heterocycles. The van der Waals surface area contributed by atoms with E-state index in [1.54, 1.807) is 0 Å². The lowest BCUT2D eigenvalue weighted by molar-refractivity contribution is -0.387. The number of aromatic nitrogens is 2. The van der Waals surface area contributed by atoms with Gasteiger partial charge in [0.25, 0.3) is 5.91 Å². The molecule has 1 amide bonds. The van der Waals surface area contributed by atoms with E-state index >= 15 is 0 Å². The molecule has 0 radical (unpaired) electrons. The maximum Gasteiger partial charge on any atom is 0.322 e. The van der Waals surface area contributed by atoms with Crippen molar-refractivity contribution in [2.24, 2.45) is 0 Å². The molecule has 104 valence electrons. The lowest BCUT2D eigenvalue weighted by Crippen LogP contribution is -2.15. The highest BCUT2D eigenvalue weighted by molar-refractivity contribution is 6.03. The number of rotatable bonds is 3. The number of carbonyl (C=O) groups is 1. The summed E-state index contributed by atoms with van der Waals surface area (Å²) in [5, 5.41) is 19.3. The average Bonchev–Trinajstić information content (AvgIpc) is 2.76. The fourth-order valence-corrected chi connectivity index (χ4v) is 1.36. The van der Waals surface area contributed by atoms with Crippen molar-refractivity contribution in [3.8, 4) is 0 Å². The van der Waals surface area contributed by atoms with E-state index in [2.05, 4.69) is 10.2 Å². The molecule has 20 heavy (non-hydrogen) atoms. The van der Waals surface area contributed by atoms with Crippen LogP contribution in [0.15, 0.2) is 16.5 Å². The zero-order valence-electron chi connectivity index (χ0n) is 9.89. The van der Waals surface area contributed by atoms with Gasteiger partial charge in [-0.25, -0.2) is 4.39 Å². The SMILES string of the molecule is Cc1nnc(NC(=O)c2cc(F)c([N+](=O)[O-])cc2F)o1. The smallest absolute Gasteiger partial charge is 0.322 e. The van der Waals surface area contributed by atoms with Gasteiger partial charge in [0.1, 0.15) is 5.82 Å². The van der Waals surface area contributed by atoms with Gasteiger partial charge < -0.3 is 4.42 Å². The quantitative estimate of drug-likeness (QED) is 0.679. The zero-order valence-corrected chi connectivity index (χ0v) is 9.89. The Morgan fingerprint density at radius 1 is 1.35 bits per heavy atom. The predicted octanol–water partition coefficient (Wildman–Crippen LogP) is 1.82. The Hall–Kier alpha value is -2.91. The standard InChI is InChI=1S/C10H6F2N4O4/c1-4-14-15-10(20-4)13-9(17)5-2-7(12)8(16(18)19)3-6(5)11/h2-3H,1H3,(H,13,15,17). The highest BCUT2D eigenvalue weighted by Crippen LogP contribution is 2.22. The number of nitrogens with zero attached hydrogens (tertiary/aromatic N) is 3. The highest BCUT2D eigenvalue weighted by Gasteiger charge is 2.22. The van der Waals surface area contributed by atoms with Crippen LogP contribution in [0.25, 0.3) is 0 Å². The minimum Gasteiger partial charge on any atom is -0.408 e. The maximum atomic E-state index is 13.6. The molecule has 0 saturated carbocycles. The van der Waals surface area contributed by atoms with E-state index in [1.165, 1.54) is 6.92 Å². The van der Waals surface area contributed by atoms with Gasteiger partial charge in [0.2, 0.25) is 11.7 Å². The van der Waals surface area contributed by atoms with Crippen molar-refractivity contribution in [2.75, 3.05) is 5.32 Å². The van der Waals surface area contributed by atoms with Gasteiger partial charge in [-0.15, -0.1) is 5.10 Å². The van der Waals surface area contributed by atoms with E-state index in [4.69, 9.17) is 4.42 Å². The van der Waals surface area contributed by atoms with Crippen LogP contribution >= 0.6 is 0 Å². The topological polar surface area (TPSA) is 111 Å². The Kier molecular flexibility index (Phi) is 3.37. The van der Waals surface area contributed by atoms with Gasteiger partial charge in [-0.2, -0.15) is 4.39 Å². The second-order valence-corrected chi connectivity index (χ2v) is 3.62. The number of hydrogen-bond donors (Lipinski definition) is 1. The number of nitrogens with one attached hydrogen (secondary N) is 1. The predicted molar refractivity (Wildman–Crippen MR) is 60.0 cm³/mol. The van der Waals surface area contributed by atoms with Crippen molar-refractivity contribution in [2.45, 2.75) is 6.92 Å². The molecule has 0 fully saturated rings. The monoisotopic (exact) mass is 284 g/mol. The summed E-state index contributed by atoms with van der Waals surface area (Å²) < 4.78 is 31.7. The Bertz CT molecular complexity index is 701. The van der Waals surface area contributed by atoms with Crippen LogP contribution in [0.5, 0.6) is 0 Å². The first-order valence-electron chi connectivity index (χ1n) is 5.13. The molecule has 0 unspecified atom stereocenters. The molecule has 0 aliphatic rings. The van der Waals surface area contributed by atoms with E-state index in [-0.39, 0.29) is 11.9 Å². The van der Waals surface area contributed by atoms with Crippen LogP contribution in [-0.4, -0.2) is 21.0 Å². The number of nitro benzene ring substituents is 1. The molecule has 1 aromatic heterocycles. The van der Waals surface area contributed by atoms with Gasteiger partial charge in [-0.3, -0.25) is 20.2 Å². The van der Waals surface area contributed by atoms with Gasteiger partial charge in [0.15, 0.2) is 0 Å². The van der Waals surface area contributed by atoms with E-state index in [9.17, 15) is 23.7 Å². The summed E-state index contributed by atoms with van der Waals surface area (Å²) >= 11 is 0. The third kappa shape index (κ3) is 2.58. The molecule has 0 spiro atoms. The second kappa shape index (κ2) is 4.99. The van der Waals surface area contributed by atoms with Crippen LogP contribution in [0, 0.1) is 28.7 Å². The van der Waals surface area contributed by atoms with Crippen LogP contribution < -0.4 is 5.32 Å². The highest BCUT2D eigenvalue weighted by atomic mass is 19.1. The molecule has 10 heteroatoms. The molecule has 8 nitrogen and oxygen atoms in total. The summed E-state index contributed by atoms with van der Waals surface area (Å²) in [7, 11) is 0. The van der Waals surface area contributed by atoms with E-state index in [1.807, 2.05) is 5.32 Å². The third-order valence-electron chi connectivity index (χ3n) is 2.22. The van der Waals surface area contributed by atoms with Gasteiger partial charge in [-0.1, -0.05) is 5.10 Å². The molecule has 0 aliphatic heterocycles. The summed E-state index contributed by atoms with van der Waals surface area (Å²) in [5.74, 6) is -3.48. The number of hydrogen-bond acceptors (Lipinski definition) is 6. The van der Waals surface area contributed by atoms with Crippen LogP contribution in [-0.2, 0) is 0 Å². The number of benzene rings is 1. The molecule has 0 bridgehead atoms. The summed E-state index contributed by atoms with van der Waals surface area (Å²) in [6, 6.07) is 0.445. The Balaban J connectivity index is 2.30. The van der Waals surface area contributed by atoms with Gasteiger partial charge in [0, 0.05) is 6.92 Å². The number of amides is 1. The largest absolute Gasteiger partial charge is 0.408 e. The number of nitro groups is 1. The first-order valence-corrected chi connectivity index (χ1v) is 5.13. The van der Waals surface area contributed by atoms with Crippen molar-refractivity contribution in [3.63, 3.8) is 0 Å². The van der Waals surface area contributed by atoms with Crippen LogP contribution in [0.2, 0.25) is 0 Å². The minimum absolute atomic E-state index is 0.163. The van der Waals surface area contributed by atoms with Crippen molar-refractivity contribution >= 4 is 17.6 Å². The Morgan fingerprint density at radius 2 is 2.05 bits per heavy atom. The molecule has 2 rings (SSSR count). The molecule has 0 saturated heterocycles. The van der Waals surface area contributed by atoms with E-state index in [0.717, 1.165) is 0 Å². The van der Waals surface area contributed by atoms with Crippen molar-refractivity contribution in [1.29, 1.82) is 0 Å². The lowest BCUT2D eigenvalue weighted by Gasteiger charge is -2.03. The fraction of sp³-hybridized carbons (Fsp3) is 0.100. The molecule has 0 atom stereocenters.